The van der Waals surface area contributed by atoms with Crippen LogP contribution in [0.5, 0.6) is 0 Å². The molecule has 1 heterocycles. The fourth-order valence-electron chi connectivity index (χ4n) is 2.01. The lowest BCUT2D eigenvalue weighted by molar-refractivity contribution is -0.187. The van der Waals surface area contributed by atoms with Crippen molar-refractivity contribution in [1.29, 1.82) is 0 Å². The lowest BCUT2D eigenvalue weighted by Gasteiger charge is -2.37. The summed E-state index contributed by atoms with van der Waals surface area (Å²) in [5.41, 5.74) is 0. The highest BCUT2D eigenvalue weighted by Gasteiger charge is 2.47. The molecule has 0 unspecified atom stereocenters. The van der Waals surface area contributed by atoms with E-state index < -0.39 is 40.3 Å². The molecule has 1 aliphatic rings. The number of hydrogen-bond acceptors (Lipinski definition) is 2. The van der Waals surface area contributed by atoms with Crippen LogP contribution in [0.4, 0.5) is 22.0 Å². The zero-order valence-corrected chi connectivity index (χ0v) is 10.4. The molecule has 1 aliphatic heterocycles. The van der Waals surface area contributed by atoms with Crippen LogP contribution >= 0.6 is 0 Å². The van der Waals surface area contributed by atoms with Gasteiger partial charge >= 0.3 is 11.9 Å². The van der Waals surface area contributed by atoms with Crippen LogP contribution in [-0.4, -0.2) is 37.7 Å². The topological polar surface area (TPSA) is 37.4 Å². The summed E-state index contributed by atoms with van der Waals surface area (Å²) >= 11 is 0. The van der Waals surface area contributed by atoms with Gasteiger partial charge in [0.25, 0.3) is 10.0 Å². The third kappa shape index (κ3) is 3.31. The maximum absolute atomic E-state index is 12.6. The van der Waals surface area contributed by atoms with Crippen molar-refractivity contribution < 1.29 is 30.4 Å². The maximum Gasteiger partial charge on any atom is 0.393 e. The molecule has 108 valence electrons. The number of halogens is 5. The van der Waals surface area contributed by atoms with Crippen molar-refractivity contribution in [2.24, 2.45) is 11.8 Å². The molecule has 3 nitrogen and oxygen atoms in total. The number of hydrogen-bond donors (Lipinski definition) is 0. The standard InChI is InChI=1S/C9H14F5NO2S/c1-2-6-3-7(9(12,13)14)5-15(4-6)18(16,17)8(10)11/h6-8H,2-5H2,1H3/t6-,7-/m1/s1. The molecule has 9 heteroatoms. The SMILES string of the molecule is CC[C@@H]1C[C@@H](C(F)(F)F)CN(S(=O)(=O)C(F)F)C1. The second-order valence-corrected chi connectivity index (χ2v) is 6.27. The molecule has 0 aromatic rings. The van der Waals surface area contributed by atoms with Crippen LogP contribution in [0.25, 0.3) is 0 Å². The fraction of sp³-hybridized carbons (Fsp3) is 1.00. The summed E-state index contributed by atoms with van der Waals surface area (Å²) in [4.78, 5) is 0. The zero-order valence-electron chi connectivity index (χ0n) is 9.62. The number of alkyl halides is 5. The third-order valence-electron chi connectivity index (χ3n) is 3.13. The van der Waals surface area contributed by atoms with Crippen molar-refractivity contribution in [3.05, 3.63) is 0 Å². The van der Waals surface area contributed by atoms with Gasteiger partial charge in [-0.3, -0.25) is 0 Å². The molecular formula is C9H14F5NO2S. The smallest absolute Gasteiger partial charge is 0.206 e. The van der Waals surface area contributed by atoms with E-state index in [4.69, 9.17) is 0 Å². The number of piperidine rings is 1. The van der Waals surface area contributed by atoms with Gasteiger partial charge in [-0.1, -0.05) is 13.3 Å². The summed E-state index contributed by atoms with van der Waals surface area (Å²) in [5.74, 6) is -6.09. The Hall–Kier alpha value is -0.440. The van der Waals surface area contributed by atoms with Crippen molar-refractivity contribution in [2.75, 3.05) is 13.1 Å². The van der Waals surface area contributed by atoms with Crippen molar-refractivity contribution in [3.8, 4) is 0 Å². The highest BCUT2D eigenvalue weighted by atomic mass is 32.2. The Bertz CT molecular complexity index is 381. The summed E-state index contributed by atoms with van der Waals surface area (Å²) in [6.45, 7) is 0.430. The van der Waals surface area contributed by atoms with E-state index in [0.717, 1.165) is 0 Å². The summed E-state index contributed by atoms with van der Waals surface area (Å²) in [6, 6.07) is 0. The number of rotatable bonds is 3. The number of sulfonamides is 1. The average molecular weight is 295 g/mol. The van der Waals surface area contributed by atoms with Gasteiger partial charge in [0.05, 0.1) is 5.92 Å². The molecule has 1 rings (SSSR count). The van der Waals surface area contributed by atoms with Crippen LogP contribution in [0.2, 0.25) is 0 Å². The molecule has 0 aromatic heterocycles. The van der Waals surface area contributed by atoms with Gasteiger partial charge in [0.2, 0.25) is 0 Å². The third-order valence-corrected chi connectivity index (χ3v) is 4.60. The van der Waals surface area contributed by atoms with Gasteiger partial charge in [-0.15, -0.1) is 0 Å². The van der Waals surface area contributed by atoms with Crippen LogP contribution in [-0.2, 0) is 10.0 Å². The van der Waals surface area contributed by atoms with Crippen molar-refractivity contribution in [3.63, 3.8) is 0 Å². The van der Waals surface area contributed by atoms with Crippen LogP contribution in [0.15, 0.2) is 0 Å². The van der Waals surface area contributed by atoms with E-state index in [2.05, 4.69) is 0 Å². The predicted molar refractivity (Wildman–Crippen MR) is 54.4 cm³/mol. The molecule has 1 saturated heterocycles. The van der Waals surface area contributed by atoms with Crippen molar-refractivity contribution in [1.82, 2.24) is 4.31 Å². The van der Waals surface area contributed by atoms with Crippen LogP contribution in [0.3, 0.4) is 0 Å². The molecule has 0 amide bonds. The Morgan fingerprint density at radius 1 is 1.28 bits per heavy atom. The Labute approximate surface area is 102 Å². The van der Waals surface area contributed by atoms with Gasteiger partial charge in [-0.2, -0.15) is 26.3 Å². The minimum Gasteiger partial charge on any atom is -0.206 e. The van der Waals surface area contributed by atoms with Gasteiger partial charge in [-0.25, -0.2) is 8.42 Å². The monoisotopic (exact) mass is 295 g/mol. The van der Waals surface area contributed by atoms with Gasteiger partial charge in [-0.05, 0) is 12.3 Å². The molecule has 0 N–H and O–H groups in total. The predicted octanol–water partition coefficient (Wildman–Crippen LogP) is 2.45. The van der Waals surface area contributed by atoms with Crippen LogP contribution in [0.1, 0.15) is 19.8 Å². The first-order chi connectivity index (χ1) is 8.09. The van der Waals surface area contributed by atoms with E-state index in [9.17, 15) is 30.4 Å². The molecule has 18 heavy (non-hydrogen) atoms. The average Bonchev–Trinajstić information content (AvgIpc) is 2.26. The quantitative estimate of drug-likeness (QED) is 0.750. The van der Waals surface area contributed by atoms with E-state index in [1.807, 2.05) is 0 Å². The van der Waals surface area contributed by atoms with Crippen LogP contribution in [0, 0.1) is 11.8 Å². The first kappa shape index (κ1) is 15.6. The summed E-state index contributed by atoms with van der Waals surface area (Å²) in [5, 5.41) is 0. The van der Waals surface area contributed by atoms with Gasteiger partial charge in [0.15, 0.2) is 0 Å². The minimum atomic E-state index is -4.94. The lowest BCUT2D eigenvalue weighted by Crippen LogP contribution is -2.49. The first-order valence-electron chi connectivity index (χ1n) is 5.42. The van der Waals surface area contributed by atoms with Gasteiger partial charge in [0.1, 0.15) is 0 Å². The molecule has 0 aliphatic carbocycles. The second-order valence-electron chi connectivity index (χ2n) is 4.37. The molecule has 0 radical (unpaired) electrons. The first-order valence-corrected chi connectivity index (χ1v) is 6.93. The van der Waals surface area contributed by atoms with E-state index in [1.54, 1.807) is 6.92 Å². The maximum atomic E-state index is 12.6. The zero-order chi connectivity index (χ0) is 14.1. The molecule has 0 bridgehead atoms. The Morgan fingerprint density at radius 2 is 1.83 bits per heavy atom. The lowest BCUT2D eigenvalue weighted by atomic mass is 9.88. The van der Waals surface area contributed by atoms with Crippen molar-refractivity contribution >= 4 is 10.0 Å². The Kier molecular flexibility index (Phi) is 4.58. The fourth-order valence-corrected chi connectivity index (χ4v) is 3.04. The Balaban J connectivity index is 2.94. The molecular weight excluding hydrogens is 281 g/mol. The van der Waals surface area contributed by atoms with E-state index >= 15 is 0 Å². The van der Waals surface area contributed by atoms with E-state index in [1.165, 1.54) is 0 Å². The highest BCUT2D eigenvalue weighted by molar-refractivity contribution is 7.89. The normalized spacial score (nSPS) is 27.7. The summed E-state index contributed by atoms with van der Waals surface area (Å²) in [7, 11) is -4.94. The van der Waals surface area contributed by atoms with Gasteiger partial charge in [0, 0.05) is 13.1 Å². The molecule has 1 fully saturated rings. The van der Waals surface area contributed by atoms with E-state index in [-0.39, 0.29) is 17.3 Å². The largest absolute Gasteiger partial charge is 0.393 e. The summed E-state index contributed by atoms with van der Waals surface area (Å²) < 4.78 is 85.2. The second kappa shape index (κ2) is 5.28. The molecule has 0 spiro atoms. The molecule has 0 aromatic carbocycles. The van der Waals surface area contributed by atoms with Gasteiger partial charge < -0.3 is 0 Å². The minimum absolute atomic E-state index is 0.213. The van der Waals surface area contributed by atoms with Crippen LogP contribution < -0.4 is 0 Å². The molecule has 0 saturated carbocycles. The van der Waals surface area contributed by atoms with E-state index in [0.29, 0.717) is 6.42 Å². The van der Waals surface area contributed by atoms with Crippen molar-refractivity contribution in [2.45, 2.75) is 31.7 Å². The Morgan fingerprint density at radius 3 is 2.22 bits per heavy atom. The number of nitrogens with zero attached hydrogens (tertiary/aromatic N) is 1. The molecule has 2 atom stereocenters. The summed E-state index contributed by atoms with van der Waals surface area (Å²) in [6.07, 6.45) is -4.46. The highest BCUT2D eigenvalue weighted by Crippen LogP contribution is 2.37.